The fraction of sp³-hybridized carbons (Fsp3) is 0.360. The van der Waals surface area contributed by atoms with E-state index >= 15 is 0 Å². The molecule has 1 aromatic carbocycles. The van der Waals surface area contributed by atoms with Crippen LogP contribution in [0.4, 0.5) is 0 Å². The van der Waals surface area contributed by atoms with Gasteiger partial charge >= 0.3 is 0 Å². The van der Waals surface area contributed by atoms with Gasteiger partial charge in [-0.2, -0.15) is 0 Å². The van der Waals surface area contributed by atoms with Crippen molar-refractivity contribution in [2.45, 2.75) is 26.3 Å². The highest BCUT2D eigenvalue weighted by Crippen LogP contribution is 2.40. The summed E-state index contributed by atoms with van der Waals surface area (Å²) in [5.41, 5.74) is 3.81. The zero-order valence-electron chi connectivity index (χ0n) is 17.4. The van der Waals surface area contributed by atoms with E-state index in [1.807, 2.05) is 36.1 Å². The Balaban J connectivity index is 1.25. The van der Waals surface area contributed by atoms with Crippen molar-refractivity contribution < 1.29 is 9.21 Å². The molecule has 0 bridgehead atoms. The Bertz CT molecular complexity index is 1030. The Kier molecular flexibility index (Phi) is 4.91. The van der Waals surface area contributed by atoms with Crippen molar-refractivity contribution in [1.82, 2.24) is 14.8 Å². The molecule has 0 saturated carbocycles. The van der Waals surface area contributed by atoms with Gasteiger partial charge in [0.15, 0.2) is 5.76 Å². The number of furan rings is 1. The fourth-order valence-corrected chi connectivity index (χ4v) is 4.96. The average Bonchev–Trinajstić information content (AvgIpc) is 3.51. The summed E-state index contributed by atoms with van der Waals surface area (Å²) in [6.45, 7) is 6.75. The summed E-state index contributed by atoms with van der Waals surface area (Å²) in [6.07, 6.45) is 3.89. The van der Waals surface area contributed by atoms with Crippen LogP contribution in [0.5, 0.6) is 0 Å². The monoisotopic (exact) mass is 401 g/mol. The summed E-state index contributed by atoms with van der Waals surface area (Å²) < 4.78 is 5.43. The lowest BCUT2D eigenvalue weighted by atomic mass is 9.86. The number of carbonyl (C=O) groups is 1. The molecule has 2 fully saturated rings. The van der Waals surface area contributed by atoms with E-state index in [-0.39, 0.29) is 11.3 Å². The number of hydrogen-bond donors (Lipinski definition) is 0. The van der Waals surface area contributed by atoms with Gasteiger partial charge in [-0.1, -0.05) is 30.3 Å². The quantitative estimate of drug-likeness (QED) is 0.651. The number of aryl methyl sites for hydroxylation is 1. The maximum atomic E-state index is 13.2. The van der Waals surface area contributed by atoms with Crippen molar-refractivity contribution >= 4 is 5.91 Å². The first kappa shape index (κ1) is 19.1. The number of aromatic nitrogens is 1. The van der Waals surface area contributed by atoms with Gasteiger partial charge in [0.25, 0.3) is 5.91 Å². The molecule has 3 aromatic rings. The fourth-order valence-electron chi connectivity index (χ4n) is 4.96. The molecule has 5 heteroatoms. The van der Waals surface area contributed by atoms with E-state index in [1.165, 1.54) is 5.56 Å². The Hall–Kier alpha value is -2.92. The maximum Gasteiger partial charge on any atom is 0.255 e. The third-order valence-electron chi connectivity index (χ3n) is 6.58. The minimum absolute atomic E-state index is 0.101. The van der Waals surface area contributed by atoms with Crippen LogP contribution < -0.4 is 0 Å². The number of benzene rings is 1. The molecule has 5 nitrogen and oxygen atoms in total. The van der Waals surface area contributed by atoms with Gasteiger partial charge in [0.1, 0.15) is 5.69 Å². The highest BCUT2D eigenvalue weighted by atomic mass is 16.3. The molecule has 2 aromatic heterocycles. The second-order valence-corrected chi connectivity index (χ2v) is 8.73. The second-order valence-electron chi connectivity index (χ2n) is 8.73. The minimum Gasteiger partial charge on any atom is -0.463 e. The first-order valence-electron chi connectivity index (χ1n) is 10.7. The molecule has 0 radical (unpaired) electrons. The first-order valence-corrected chi connectivity index (χ1v) is 10.7. The van der Waals surface area contributed by atoms with Gasteiger partial charge < -0.3 is 9.32 Å². The number of likely N-dealkylation sites (tertiary alicyclic amines) is 2. The highest BCUT2D eigenvalue weighted by molar-refractivity contribution is 5.95. The molecule has 5 rings (SSSR count). The maximum absolute atomic E-state index is 13.2. The van der Waals surface area contributed by atoms with Crippen LogP contribution in [-0.2, 0) is 6.54 Å². The molecule has 1 spiro atoms. The molecule has 2 aliphatic rings. The predicted molar refractivity (Wildman–Crippen MR) is 116 cm³/mol. The molecule has 154 valence electrons. The van der Waals surface area contributed by atoms with Gasteiger partial charge in [-0.25, -0.2) is 4.98 Å². The van der Waals surface area contributed by atoms with Crippen molar-refractivity contribution in [2.24, 2.45) is 5.41 Å². The molecular weight excluding hydrogens is 374 g/mol. The van der Waals surface area contributed by atoms with E-state index < -0.39 is 0 Å². The molecule has 1 amide bonds. The number of amides is 1. The van der Waals surface area contributed by atoms with Gasteiger partial charge in [-0.15, -0.1) is 0 Å². The van der Waals surface area contributed by atoms with Gasteiger partial charge in [-0.05, 0) is 56.1 Å². The van der Waals surface area contributed by atoms with Crippen molar-refractivity contribution in [2.75, 3.05) is 26.2 Å². The topological polar surface area (TPSA) is 49.6 Å². The molecule has 30 heavy (non-hydrogen) atoms. The lowest BCUT2D eigenvalue weighted by molar-refractivity contribution is 0.0772. The minimum atomic E-state index is 0.101. The normalized spacial score (nSPS) is 21.6. The Morgan fingerprint density at radius 3 is 2.63 bits per heavy atom. The molecule has 0 aliphatic carbocycles. The zero-order chi connectivity index (χ0) is 20.6. The summed E-state index contributed by atoms with van der Waals surface area (Å²) in [4.78, 5) is 22.4. The van der Waals surface area contributed by atoms with Crippen LogP contribution in [0.1, 0.15) is 34.5 Å². The van der Waals surface area contributed by atoms with Crippen LogP contribution in [-0.4, -0.2) is 46.9 Å². The summed E-state index contributed by atoms with van der Waals surface area (Å²) in [5.74, 6) is 0.825. The van der Waals surface area contributed by atoms with Crippen molar-refractivity contribution in [3.8, 4) is 11.5 Å². The third kappa shape index (κ3) is 3.65. The number of carbonyl (C=O) groups excluding carboxylic acids is 1. The van der Waals surface area contributed by atoms with E-state index in [2.05, 4.69) is 40.2 Å². The first-order chi connectivity index (χ1) is 14.6. The van der Waals surface area contributed by atoms with Gasteiger partial charge in [0, 0.05) is 31.6 Å². The van der Waals surface area contributed by atoms with Crippen LogP contribution >= 0.6 is 0 Å². The smallest absolute Gasteiger partial charge is 0.255 e. The van der Waals surface area contributed by atoms with E-state index in [1.54, 1.807) is 6.26 Å². The molecule has 1 atom stereocenters. The van der Waals surface area contributed by atoms with E-state index in [9.17, 15) is 4.79 Å². The van der Waals surface area contributed by atoms with Gasteiger partial charge in [-0.3, -0.25) is 9.69 Å². The number of hydrogen-bond acceptors (Lipinski definition) is 4. The largest absolute Gasteiger partial charge is 0.463 e. The SMILES string of the molecule is Cc1nc(-c2ccco2)ccc1C(=O)N1CCC2(CCN(Cc3ccccc3)C2)C1. The molecule has 0 N–H and O–H groups in total. The third-order valence-corrected chi connectivity index (χ3v) is 6.58. The summed E-state index contributed by atoms with van der Waals surface area (Å²) >= 11 is 0. The van der Waals surface area contributed by atoms with Crippen molar-refractivity contribution in [3.63, 3.8) is 0 Å². The molecule has 4 heterocycles. The Labute approximate surface area is 177 Å². The van der Waals surface area contributed by atoms with Crippen LogP contribution in [0.3, 0.4) is 0 Å². The second kappa shape index (κ2) is 7.73. The highest BCUT2D eigenvalue weighted by Gasteiger charge is 2.44. The molecule has 2 aliphatic heterocycles. The standard InChI is InChI=1S/C25H27N3O2/c1-19-21(9-10-22(26-19)23-8-5-15-30-23)24(29)28-14-12-25(18-28)11-13-27(17-25)16-20-6-3-2-4-7-20/h2-10,15H,11-14,16-18H2,1H3. The van der Waals surface area contributed by atoms with E-state index in [4.69, 9.17) is 4.42 Å². The van der Waals surface area contributed by atoms with Crippen LogP contribution in [0.25, 0.3) is 11.5 Å². The predicted octanol–water partition coefficient (Wildman–Crippen LogP) is 4.39. The Morgan fingerprint density at radius 2 is 1.87 bits per heavy atom. The molecule has 2 saturated heterocycles. The van der Waals surface area contributed by atoms with Crippen LogP contribution in [0.15, 0.2) is 65.3 Å². The van der Waals surface area contributed by atoms with Crippen molar-refractivity contribution in [1.29, 1.82) is 0 Å². The lowest BCUT2D eigenvalue weighted by Crippen LogP contribution is -2.34. The summed E-state index contributed by atoms with van der Waals surface area (Å²) in [6, 6.07) is 18.1. The van der Waals surface area contributed by atoms with E-state index in [0.29, 0.717) is 5.56 Å². The molecule has 1 unspecified atom stereocenters. The van der Waals surface area contributed by atoms with Crippen LogP contribution in [0, 0.1) is 12.3 Å². The summed E-state index contributed by atoms with van der Waals surface area (Å²) in [7, 11) is 0. The number of nitrogens with zero attached hydrogens (tertiary/aromatic N) is 3. The zero-order valence-corrected chi connectivity index (χ0v) is 17.4. The van der Waals surface area contributed by atoms with Gasteiger partial charge in [0.05, 0.1) is 17.5 Å². The van der Waals surface area contributed by atoms with Gasteiger partial charge in [0.2, 0.25) is 0 Å². The average molecular weight is 402 g/mol. The number of rotatable bonds is 4. The van der Waals surface area contributed by atoms with E-state index in [0.717, 1.165) is 62.7 Å². The van der Waals surface area contributed by atoms with Crippen molar-refractivity contribution in [3.05, 3.63) is 77.7 Å². The summed E-state index contributed by atoms with van der Waals surface area (Å²) in [5, 5.41) is 0. The Morgan fingerprint density at radius 1 is 1.03 bits per heavy atom. The lowest BCUT2D eigenvalue weighted by Gasteiger charge is -2.25. The molecular formula is C25H27N3O2. The van der Waals surface area contributed by atoms with Crippen LogP contribution in [0.2, 0.25) is 0 Å². The number of pyridine rings is 1.